The fourth-order valence-corrected chi connectivity index (χ4v) is 2.66. The highest BCUT2D eigenvalue weighted by molar-refractivity contribution is 5.22. The lowest BCUT2D eigenvalue weighted by Crippen LogP contribution is -2.38. The maximum Gasteiger partial charge on any atom is 0.163 e. The topological polar surface area (TPSA) is 65.3 Å². The Morgan fingerprint density at radius 2 is 2.36 bits per heavy atom. The lowest BCUT2D eigenvalue weighted by molar-refractivity contribution is -0.0392. The summed E-state index contributed by atoms with van der Waals surface area (Å²) >= 11 is 0. The van der Waals surface area contributed by atoms with Crippen molar-refractivity contribution in [3.63, 3.8) is 0 Å². The first kappa shape index (κ1) is 14.9. The third-order valence-corrected chi connectivity index (χ3v) is 3.83. The van der Waals surface area contributed by atoms with Crippen molar-refractivity contribution in [3.05, 3.63) is 36.2 Å². The Bertz CT molecular complexity index is 615. The minimum atomic E-state index is -0.0400. The van der Waals surface area contributed by atoms with Crippen molar-refractivity contribution >= 4 is 0 Å². The molecule has 118 valence electrons. The molecule has 2 aromatic heterocycles. The van der Waals surface area contributed by atoms with E-state index < -0.39 is 0 Å². The van der Waals surface area contributed by atoms with Crippen LogP contribution in [-0.2, 0) is 17.8 Å². The molecule has 3 heterocycles. The molecule has 0 bridgehead atoms. The van der Waals surface area contributed by atoms with E-state index in [-0.39, 0.29) is 6.10 Å². The third kappa shape index (κ3) is 3.26. The largest absolute Gasteiger partial charge is 0.497 e. The molecule has 0 radical (unpaired) electrons. The highest BCUT2D eigenvalue weighted by Crippen LogP contribution is 2.22. The van der Waals surface area contributed by atoms with Crippen molar-refractivity contribution in [1.29, 1.82) is 0 Å². The van der Waals surface area contributed by atoms with Crippen molar-refractivity contribution in [2.24, 2.45) is 0 Å². The molecule has 2 aromatic rings. The van der Waals surface area contributed by atoms with Gasteiger partial charge in [-0.3, -0.25) is 9.88 Å². The Labute approximate surface area is 129 Å². The number of aryl methyl sites for hydroxylation is 1. The molecule has 0 saturated carbocycles. The summed E-state index contributed by atoms with van der Waals surface area (Å²) in [6.45, 7) is 6.06. The van der Waals surface area contributed by atoms with Gasteiger partial charge in [0.1, 0.15) is 18.2 Å². The number of pyridine rings is 1. The number of methoxy groups -OCH3 is 1. The predicted molar refractivity (Wildman–Crippen MR) is 80.5 cm³/mol. The third-order valence-electron chi connectivity index (χ3n) is 3.83. The molecule has 0 amide bonds. The van der Waals surface area contributed by atoms with E-state index in [9.17, 15) is 0 Å². The van der Waals surface area contributed by atoms with Crippen LogP contribution in [0.1, 0.15) is 24.5 Å². The average molecular weight is 303 g/mol. The van der Waals surface area contributed by atoms with E-state index >= 15 is 0 Å². The summed E-state index contributed by atoms with van der Waals surface area (Å²) in [6, 6.07) is 3.83. The van der Waals surface area contributed by atoms with Crippen LogP contribution in [0.25, 0.3) is 0 Å². The van der Waals surface area contributed by atoms with E-state index in [1.807, 2.05) is 16.7 Å². The van der Waals surface area contributed by atoms with Crippen molar-refractivity contribution in [2.75, 3.05) is 26.8 Å². The van der Waals surface area contributed by atoms with Crippen LogP contribution >= 0.6 is 0 Å². The highest BCUT2D eigenvalue weighted by atomic mass is 16.5. The number of hydrogen-bond donors (Lipinski definition) is 0. The SMILES string of the molecule is CCn1cnnc1[C@@H]1CN(Cc2cc(OC)ccn2)CCO1. The van der Waals surface area contributed by atoms with Crippen LogP contribution in [-0.4, -0.2) is 51.5 Å². The van der Waals surface area contributed by atoms with Gasteiger partial charge in [0.25, 0.3) is 0 Å². The lowest BCUT2D eigenvalue weighted by atomic mass is 10.2. The second-order valence-corrected chi connectivity index (χ2v) is 5.26. The van der Waals surface area contributed by atoms with Gasteiger partial charge in [-0.25, -0.2) is 0 Å². The van der Waals surface area contributed by atoms with Crippen LogP contribution in [0, 0.1) is 0 Å². The number of aromatic nitrogens is 4. The first-order valence-electron chi connectivity index (χ1n) is 7.50. The van der Waals surface area contributed by atoms with Crippen LogP contribution in [0.4, 0.5) is 0 Å². The van der Waals surface area contributed by atoms with Gasteiger partial charge in [0.05, 0.1) is 19.4 Å². The van der Waals surface area contributed by atoms with Gasteiger partial charge in [0.2, 0.25) is 0 Å². The Balaban J connectivity index is 1.68. The first-order chi connectivity index (χ1) is 10.8. The summed E-state index contributed by atoms with van der Waals surface area (Å²) in [5.41, 5.74) is 0.997. The molecule has 0 aromatic carbocycles. The quantitative estimate of drug-likeness (QED) is 0.829. The zero-order chi connectivity index (χ0) is 15.4. The smallest absolute Gasteiger partial charge is 0.163 e. The molecular weight excluding hydrogens is 282 g/mol. The fourth-order valence-electron chi connectivity index (χ4n) is 2.66. The first-order valence-corrected chi connectivity index (χ1v) is 7.50. The maximum atomic E-state index is 5.87. The number of ether oxygens (including phenoxy) is 2. The molecule has 0 aliphatic carbocycles. The second kappa shape index (κ2) is 6.85. The molecule has 1 fully saturated rings. The van der Waals surface area contributed by atoms with E-state index in [1.54, 1.807) is 19.6 Å². The average Bonchev–Trinajstić information content (AvgIpc) is 3.04. The normalized spacial score (nSPS) is 19.3. The summed E-state index contributed by atoms with van der Waals surface area (Å²) in [7, 11) is 1.67. The van der Waals surface area contributed by atoms with Crippen molar-refractivity contribution in [2.45, 2.75) is 26.1 Å². The Morgan fingerprint density at radius 1 is 1.45 bits per heavy atom. The molecule has 3 rings (SSSR count). The molecule has 1 atom stereocenters. The molecule has 1 aliphatic rings. The maximum absolute atomic E-state index is 5.87. The van der Waals surface area contributed by atoms with Crippen LogP contribution in [0.3, 0.4) is 0 Å². The molecular formula is C15H21N5O2. The molecule has 1 aliphatic heterocycles. The predicted octanol–water partition coefficient (Wildman–Crippen LogP) is 1.28. The molecule has 0 unspecified atom stereocenters. The van der Waals surface area contributed by atoms with Gasteiger partial charge in [-0.2, -0.15) is 0 Å². The zero-order valence-corrected chi connectivity index (χ0v) is 13.0. The fraction of sp³-hybridized carbons (Fsp3) is 0.533. The molecule has 7 heteroatoms. The number of nitrogens with zero attached hydrogens (tertiary/aromatic N) is 5. The molecule has 7 nitrogen and oxygen atoms in total. The lowest BCUT2D eigenvalue weighted by Gasteiger charge is -2.32. The van der Waals surface area contributed by atoms with Gasteiger partial charge in [-0.05, 0) is 13.0 Å². The minimum Gasteiger partial charge on any atom is -0.497 e. The van der Waals surface area contributed by atoms with Gasteiger partial charge in [-0.1, -0.05) is 0 Å². The van der Waals surface area contributed by atoms with Crippen molar-refractivity contribution < 1.29 is 9.47 Å². The molecule has 0 spiro atoms. The minimum absolute atomic E-state index is 0.0400. The van der Waals surface area contributed by atoms with E-state index in [1.165, 1.54) is 0 Å². The van der Waals surface area contributed by atoms with Gasteiger partial charge < -0.3 is 14.0 Å². The summed E-state index contributed by atoms with van der Waals surface area (Å²) in [5.74, 6) is 1.73. The number of rotatable bonds is 5. The second-order valence-electron chi connectivity index (χ2n) is 5.26. The number of hydrogen-bond acceptors (Lipinski definition) is 6. The monoisotopic (exact) mass is 303 g/mol. The van der Waals surface area contributed by atoms with E-state index in [0.29, 0.717) is 6.61 Å². The summed E-state index contributed by atoms with van der Waals surface area (Å²) in [6.07, 6.45) is 3.49. The van der Waals surface area contributed by atoms with E-state index in [2.05, 4.69) is 27.0 Å². The van der Waals surface area contributed by atoms with Gasteiger partial charge >= 0.3 is 0 Å². The summed E-state index contributed by atoms with van der Waals surface area (Å²) in [5, 5.41) is 8.19. The molecule has 22 heavy (non-hydrogen) atoms. The summed E-state index contributed by atoms with van der Waals surface area (Å²) in [4.78, 5) is 6.73. The van der Waals surface area contributed by atoms with Crippen LogP contribution in [0.2, 0.25) is 0 Å². The summed E-state index contributed by atoms with van der Waals surface area (Å²) < 4.78 is 13.1. The number of morpholine rings is 1. The van der Waals surface area contributed by atoms with Crippen LogP contribution in [0.5, 0.6) is 5.75 Å². The zero-order valence-electron chi connectivity index (χ0n) is 13.0. The standard InChI is InChI=1S/C15H21N5O2/c1-3-20-11-17-18-15(20)14-10-19(6-7-22-14)9-12-8-13(21-2)4-5-16-12/h4-5,8,11,14H,3,6-7,9-10H2,1-2H3/t14-/m0/s1. The Morgan fingerprint density at radius 3 is 3.18 bits per heavy atom. The van der Waals surface area contributed by atoms with Crippen LogP contribution < -0.4 is 4.74 Å². The van der Waals surface area contributed by atoms with Crippen LogP contribution in [0.15, 0.2) is 24.7 Å². The Kier molecular flexibility index (Phi) is 4.65. The highest BCUT2D eigenvalue weighted by Gasteiger charge is 2.26. The molecule has 0 N–H and O–H groups in total. The van der Waals surface area contributed by atoms with Crippen molar-refractivity contribution in [3.8, 4) is 5.75 Å². The van der Waals surface area contributed by atoms with Gasteiger partial charge in [-0.15, -0.1) is 10.2 Å². The van der Waals surface area contributed by atoms with Crippen molar-refractivity contribution in [1.82, 2.24) is 24.6 Å². The molecule has 1 saturated heterocycles. The van der Waals surface area contributed by atoms with E-state index in [4.69, 9.17) is 9.47 Å². The van der Waals surface area contributed by atoms with Gasteiger partial charge in [0.15, 0.2) is 5.82 Å². The Hall–Kier alpha value is -1.99. The van der Waals surface area contributed by atoms with E-state index in [0.717, 1.165) is 43.4 Å². The van der Waals surface area contributed by atoms with Gasteiger partial charge in [0, 0.05) is 38.4 Å².